The van der Waals surface area contributed by atoms with Crippen LogP contribution < -0.4 is 9.64 Å². The summed E-state index contributed by atoms with van der Waals surface area (Å²) in [5.74, 6) is 0.597. The van der Waals surface area contributed by atoms with Gasteiger partial charge in [-0.15, -0.1) is 0 Å². The van der Waals surface area contributed by atoms with Crippen LogP contribution in [0.4, 0.5) is 5.13 Å². The molecule has 5 nitrogen and oxygen atoms in total. The number of benzene rings is 2. The minimum atomic E-state index is -0.0546. The maximum atomic E-state index is 13.4. The van der Waals surface area contributed by atoms with E-state index >= 15 is 0 Å². The molecule has 0 unspecified atom stereocenters. The molecular weight excluding hydrogens is 406 g/mol. The first-order chi connectivity index (χ1) is 13.8. The highest BCUT2D eigenvalue weighted by molar-refractivity contribution is 7.23. The van der Waals surface area contributed by atoms with Gasteiger partial charge in [-0.05, 0) is 76.3 Å². The van der Waals surface area contributed by atoms with Gasteiger partial charge in [-0.2, -0.15) is 0 Å². The van der Waals surface area contributed by atoms with Crippen LogP contribution in [0, 0.1) is 13.8 Å². The molecule has 1 heterocycles. The van der Waals surface area contributed by atoms with Crippen molar-refractivity contribution < 1.29 is 9.53 Å². The van der Waals surface area contributed by atoms with Gasteiger partial charge in [-0.3, -0.25) is 9.69 Å². The number of carbonyl (C=O) groups is 1. The smallest absolute Gasteiger partial charge is 0.260 e. The fraction of sp³-hybridized carbons (Fsp3) is 0.364. The van der Waals surface area contributed by atoms with Crippen LogP contribution in [-0.2, 0) is 0 Å². The number of carbonyl (C=O) groups excluding carboxylic acids is 1. The van der Waals surface area contributed by atoms with Crippen molar-refractivity contribution in [2.75, 3.05) is 39.2 Å². The summed E-state index contributed by atoms with van der Waals surface area (Å²) in [4.78, 5) is 22.0. The quantitative estimate of drug-likeness (QED) is 0.517. The van der Waals surface area contributed by atoms with Gasteiger partial charge in [0.15, 0.2) is 5.13 Å². The van der Waals surface area contributed by atoms with Crippen LogP contribution in [0.1, 0.15) is 27.9 Å². The predicted molar refractivity (Wildman–Crippen MR) is 122 cm³/mol. The summed E-state index contributed by atoms with van der Waals surface area (Å²) < 4.78 is 6.26. The first-order valence-electron chi connectivity index (χ1n) is 9.48. The van der Waals surface area contributed by atoms with Crippen molar-refractivity contribution in [3.05, 3.63) is 52.0 Å². The summed E-state index contributed by atoms with van der Waals surface area (Å²) in [6.07, 6.45) is 0.838. The highest BCUT2D eigenvalue weighted by atomic mass is 35.5. The van der Waals surface area contributed by atoms with E-state index in [9.17, 15) is 4.79 Å². The molecule has 0 aliphatic carbocycles. The molecule has 0 aliphatic heterocycles. The summed E-state index contributed by atoms with van der Waals surface area (Å²) >= 11 is 7.81. The predicted octanol–water partition coefficient (Wildman–Crippen LogP) is 5.17. The molecule has 154 valence electrons. The number of halogens is 1. The van der Waals surface area contributed by atoms with E-state index in [1.165, 1.54) is 11.3 Å². The van der Waals surface area contributed by atoms with Crippen molar-refractivity contribution in [1.82, 2.24) is 9.88 Å². The number of aryl methyl sites for hydroxylation is 2. The monoisotopic (exact) mass is 431 g/mol. The van der Waals surface area contributed by atoms with Crippen molar-refractivity contribution in [3.8, 4) is 5.75 Å². The normalized spacial score (nSPS) is 11.3. The molecule has 0 atom stereocenters. The summed E-state index contributed by atoms with van der Waals surface area (Å²) in [7, 11) is 5.66. The van der Waals surface area contributed by atoms with Crippen molar-refractivity contribution in [2.45, 2.75) is 20.3 Å². The van der Waals surface area contributed by atoms with Crippen LogP contribution in [0.2, 0.25) is 5.02 Å². The molecule has 3 rings (SSSR count). The van der Waals surface area contributed by atoms with Crippen LogP contribution in [-0.4, -0.2) is 50.1 Å². The van der Waals surface area contributed by atoms with Crippen LogP contribution >= 0.6 is 22.9 Å². The standard InChI is InChI=1S/C22H26ClN3O2S/c1-14-7-8-16(13-15(14)2)21(27)26(12-6-11-25(3)4)22-24-19-18(28-5)10-9-17(23)20(19)29-22/h7-10,13H,6,11-12H2,1-5H3. The van der Waals surface area contributed by atoms with Crippen molar-refractivity contribution in [2.24, 2.45) is 0 Å². The fourth-order valence-electron chi connectivity index (χ4n) is 3.08. The Morgan fingerprint density at radius 2 is 1.90 bits per heavy atom. The van der Waals surface area contributed by atoms with Crippen LogP contribution in [0.25, 0.3) is 10.2 Å². The lowest BCUT2D eigenvalue weighted by molar-refractivity contribution is 0.0986. The molecule has 0 radical (unpaired) electrons. The molecule has 7 heteroatoms. The van der Waals surface area contributed by atoms with Crippen molar-refractivity contribution in [1.29, 1.82) is 0 Å². The number of hydrogen-bond acceptors (Lipinski definition) is 5. The number of amides is 1. The van der Waals surface area contributed by atoms with E-state index in [0.717, 1.165) is 28.8 Å². The highest BCUT2D eigenvalue weighted by Gasteiger charge is 2.23. The molecule has 0 N–H and O–H groups in total. The molecule has 0 saturated heterocycles. The molecule has 3 aromatic rings. The number of anilines is 1. The first kappa shape index (κ1) is 21.6. The largest absolute Gasteiger partial charge is 0.494 e. The third kappa shape index (κ3) is 4.71. The number of rotatable bonds is 7. The second-order valence-corrected chi connectivity index (χ2v) is 8.72. The summed E-state index contributed by atoms with van der Waals surface area (Å²) in [6.45, 7) is 5.51. The third-order valence-corrected chi connectivity index (χ3v) is 6.42. The third-order valence-electron chi connectivity index (χ3n) is 4.88. The summed E-state index contributed by atoms with van der Waals surface area (Å²) in [5, 5.41) is 1.24. The van der Waals surface area contributed by atoms with Gasteiger partial charge in [0.25, 0.3) is 5.91 Å². The minimum Gasteiger partial charge on any atom is -0.494 e. The van der Waals surface area contributed by atoms with Crippen molar-refractivity contribution in [3.63, 3.8) is 0 Å². The van der Waals surface area contributed by atoms with Gasteiger partial charge in [0.05, 0.1) is 16.8 Å². The molecule has 1 amide bonds. The maximum absolute atomic E-state index is 13.4. The Morgan fingerprint density at radius 3 is 2.55 bits per heavy atom. The van der Waals surface area contributed by atoms with Gasteiger partial charge in [0, 0.05) is 12.1 Å². The van der Waals surface area contributed by atoms with Gasteiger partial charge in [-0.25, -0.2) is 4.98 Å². The fourth-order valence-corrected chi connectivity index (χ4v) is 4.36. The zero-order valence-electron chi connectivity index (χ0n) is 17.5. The molecule has 0 saturated carbocycles. The van der Waals surface area contributed by atoms with E-state index < -0.39 is 0 Å². The lowest BCUT2D eigenvalue weighted by Crippen LogP contribution is -2.33. The molecule has 0 aliphatic rings. The Labute approximate surface area is 180 Å². The number of nitrogens with zero attached hydrogens (tertiary/aromatic N) is 3. The number of thiazole rings is 1. The zero-order valence-corrected chi connectivity index (χ0v) is 19.0. The van der Waals surface area contributed by atoms with Gasteiger partial charge < -0.3 is 9.64 Å². The van der Waals surface area contributed by atoms with E-state index in [1.54, 1.807) is 24.1 Å². The molecule has 2 aromatic carbocycles. The average molecular weight is 432 g/mol. The lowest BCUT2D eigenvalue weighted by atomic mass is 10.1. The van der Waals surface area contributed by atoms with Crippen LogP contribution in [0.5, 0.6) is 5.75 Å². The lowest BCUT2D eigenvalue weighted by Gasteiger charge is -2.21. The molecular formula is C22H26ClN3O2S. The zero-order chi connectivity index (χ0) is 21.1. The second-order valence-electron chi connectivity index (χ2n) is 7.34. The van der Waals surface area contributed by atoms with E-state index in [4.69, 9.17) is 21.3 Å². The molecule has 1 aromatic heterocycles. The average Bonchev–Trinajstić information content (AvgIpc) is 3.13. The van der Waals surface area contributed by atoms with Gasteiger partial charge in [-0.1, -0.05) is 29.0 Å². The maximum Gasteiger partial charge on any atom is 0.260 e. The van der Waals surface area contributed by atoms with Crippen molar-refractivity contribution >= 4 is 44.2 Å². The first-order valence-corrected chi connectivity index (χ1v) is 10.7. The number of methoxy groups -OCH3 is 1. The Kier molecular flexibility index (Phi) is 6.77. The van der Waals surface area contributed by atoms with E-state index in [0.29, 0.717) is 33.5 Å². The van der Waals surface area contributed by atoms with Crippen LogP contribution in [0.3, 0.4) is 0 Å². The van der Waals surface area contributed by atoms with Gasteiger partial charge in [0.1, 0.15) is 11.3 Å². The Bertz CT molecular complexity index is 1030. The molecule has 0 spiro atoms. The molecule has 0 bridgehead atoms. The minimum absolute atomic E-state index is 0.0546. The Hall–Kier alpha value is -2.15. The number of hydrogen-bond donors (Lipinski definition) is 0. The summed E-state index contributed by atoms with van der Waals surface area (Å²) in [5.41, 5.74) is 3.61. The topological polar surface area (TPSA) is 45.7 Å². The number of fused-ring (bicyclic) bond motifs is 1. The van der Waals surface area contributed by atoms with Gasteiger partial charge in [0.2, 0.25) is 0 Å². The number of aromatic nitrogens is 1. The Balaban J connectivity index is 2.03. The van der Waals surface area contributed by atoms with E-state index in [2.05, 4.69) is 4.90 Å². The van der Waals surface area contributed by atoms with Crippen LogP contribution in [0.15, 0.2) is 30.3 Å². The highest BCUT2D eigenvalue weighted by Crippen LogP contribution is 2.39. The SMILES string of the molecule is COc1ccc(Cl)c2sc(N(CCCN(C)C)C(=O)c3ccc(C)c(C)c3)nc12. The second kappa shape index (κ2) is 9.11. The molecule has 0 fully saturated rings. The van der Waals surface area contributed by atoms with E-state index in [-0.39, 0.29) is 5.91 Å². The summed E-state index contributed by atoms with van der Waals surface area (Å²) in [6, 6.07) is 9.41. The van der Waals surface area contributed by atoms with E-state index in [1.807, 2.05) is 46.1 Å². The molecule has 29 heavy (non-hydrogen) atoms. The number of ether oxygens (including phenoxy) is 1. The Morgan fingerprint density at radius 1 is 1.14 bits per heavy atom. The van der Waals surface area contributed by atoms with Gasteiger partial charge >= 0.3 is 0 Å².